The number of nitrogens with one attached hydrogen (secondary N) is 1. The number of amides is 2. The summed E-state index contributed by atoms with van der Waals surface area (Å²) in [5.41, 5.74) is 3.86. The minimum atomic E-state index is -0.536. The summed E-state index contributed by atoms with van der Waals surface area (Å²) in [6.45, 7) is 2.33. The predicted molar refractivity (Wildman–Crippen MR) is 132 cm³/mol. The monoisotopic (exact) mass is 542 g/mol. The molecule has 2 aromatic carbocycles. The van der Waals surface area contributed by atoms with Crippen molar-refractivity contribution >= 4 is 57.1 Å². The van der Waals surface area contributed by atoms with E-state index in [-0.39, 0.29) is 16.2 Å². The zero-order chi connectivity index (χ0) is 24.2. The van der Waals surface area contributed by atoms with Crippen molar-refractivity contribution in [1.82, 2.24) is 5.43 Å². The number of hydrogen-bond donors (Lipinski definition) is 1. The third kappa shape index (κ3) is 5.08. The van der Waals surface area contributed by atoms with E-state index in [1.54, 1.807) is 48.5 Å². The molecule has 2 heterocycles. The highest BCUT2D eigenvalue weighted by molar-refractivity contribution is 9.10. The fourth-order valence-corrected chi connectivity index (χ4v) is 3.89. The summed E-state index contributed by atoms with van der Waals surface area (Å²) in [5.74, 6) is -0.779. The van der Waals surface area contributed by atoms with Crippen LogP contribution in [-0.2, 0) is 14.3 Å². The fraction of sp³-hybridized carbons (Fsp3) is 0.160. The van der Waals surface area contributed by atoms with Gasteiger partial charge in [-0.2, -0.15) is 0 Å². The van der Waals surface area contributed by atoms with Gasteiger partial charge in [-0.1, -0.05) is 46.9 Å². The minimum absolute atomic E-state index is 0.0582. The molecule has 1 N–H and O–H groups in total. The number of esters is 1. The summed E-state index contributed by atoms with van der Waals surface area (Å²) in [6.07, 6.45) is 3.06. The van der Waals surface area contributed by atoms with Crippen LogP contribution in [0.3, 0.4) is 0 Å². The number of hydrogen-bond acceptors (Lipinski definition) is 5. The van der Waals surface area contributed by atoms with Gasteiger partial charge < -0.3 is 9.15 Å². The molecule has 1 fully saturated rings. The molecule has 0 saturated carbocycles. The highest BCUT2D eigenvalue weighted by Crippen LogP contribution is 2.29. The van der Waals surface area contributed by atoms with Crippen molar-refractivity contribution in [3.63, 3.8) is 0 Å². The highest BCUT2D eigenvalue weighted by atomic mass is 79.9. The molecular weight excluding hydrogens is 524 g/mol. The summed E-state index contributed by atoms with van der Waals surface area (Å²) in [4.78, 5) is 37.6. The van der Waals surface area contributed by atoms with E-state index in [2.05, 4.69) is 21.4 Å². The molecule has 0 aliphatic carbocycles. The summed E-state index contributed by atoms with van der Waals surface area (Å²) in [5, 5.41) is 1.46. The standard InChI is InChI=1S/C25H20BrClN2O5/c1-2-3-11-33-25(32)19-12-15(7-9-21(19)27)22-10-8-18(34-22)14-20-23(30)28-29(24(20)31)17-6-4-5-16(26)13-17/h4-10,12-14H,2-3,11H2,1H3,(H,28,30)/b20-14+. The average Bonchev–Trinajstić information content (AvgIpc) is 3.40. The summed E-state index contributed by atoms with van der Waals surface area (Å²) < 4.78 is 11.9. The van der Waals surface area contributed by atoms with E-state index in [0.29, 0.717) is 29.4 Å². The fourth-order valence-electron chi connectivity index (χ4n) is 3.30. The van der Waals surface area contributed by atoms with Gasteiger partial charge >= 0.3 is 5.97 Å². The molecule has 4 rings (SSSR count). The van der Waals surface area contributed by atoms with Gasteiger partial charge in [-0.05, 0) is 61.0 Å². The molecule has 1 saturated heterocycles. The molecule has 1 aromatic heterocycles. The largest absolute Gasteiger partial charge is 0.462 e. The normalized spacial score (nSPS) is 14.6. The lowest BCUT2D eigenvalue weighted by atomic mass is 10.1. The first-order valence-corrected chi connectivity index (χ1v) is 11.7. The Labute approximate surface area is 209 Å². The van der Waals surface area contributed by atoms with Crippen molar-refractivity contribution in [1.29, 1.82) is 0 Å². The number of furan rings is 1. The van der Waals surface area contributed by atoms with E-state index in [1.165, 1.54) is 11.1 Å². The zero-order valence-corrected chi connectivity index (χ0v) is 20.5. The minimum Gasteiger partial charge on any atom is -0.462 e. The van der Waals surface area contributed by atoms with Gasteiger partial charge in [0.1, 0.15) is 17.1 Å². The number of carbonyl (C=O) groups excluding carboxylic acids is 3. The van der Waals surface area contributed by atoms with Gasteiger partial charge in [-0.25, -0.2) is 9.80 Å². The third-order valence-electron chi connectivity index (χ3n) is 5.07. The van der Waals surface area contributed by atoms with Crippen LogP contribution < -0.4 is 10.4 Å². The maximum absolute atomic E-state index is 12.8. The van der Waals surface area contributed by atoms with Gasteiger partial charge in [0.05, 0.1) is 22.9 Å². The Kier molecular flexibility index (Phi) is 7.19. The molecule has 0 bridgehead atoms. The SMILES string of the molecule is CCCCOC(=O)c1cc(-c2ccc(/C=C3\C(=O)NN(c4cccc(Br)c4)C3=O)o2)ccc1Cl. The number of nitrogens with zero attached hydrogens (tertiary/aromatic N) is 1. The molecule has 0 radical (unpaired) electrons. The molecule has 0 unspecified atom stereocenters. The van der Waals surface area contributed by atoms with Crippen molar-refractivity contribution < 1.29 is 23.5 Å². The smallest absolute Gasteiger partial charge is 0.339 e. The molecule has 0 spiro atoms. The van der Waals surface area contributed by atoms with Crippen molar-refractivity contribution in [2.75, 3.05) is 11.6 Å². The van der Waals surface area contributed by atoms with Crippen molar-refractivity contribution in [2.45, 2.75) is 19.8 Å². The molecule has 1 aliphatic rings. The number of rotatable bonds is 7. The molecule has 3 aromatic rings. The van der Waals surface area contributed by atoms with Crippen LogP contribution in [0.4, 0.5) is 5.69 Å². The maximum atomic E-state index is 12.8. The van der Waals surface area contributed by atoms with E-state index in [9.17, 15) is 14.4 Å². The Hall–Kier alpha value is -3.36. The number of unbranched alkanes of at least 4 members (excludes halogenated alkanes) is 1. The van der Waals surface area contributed by atoms with E-state index in [0.717, 1.165) is 17.3 Å². The Bertz CT molecular complexity index is 1300. The Balaban J connectivity index is 1.56. The quantitative estimate of drug-likeness (QED) is 0.177. The molecule has 0 atom stereocenters. The van der Waals surface area contributed by atoms with E-state index < -0.39 is 17.8 Å². The highest BCUT2D eigenvalue weighted by Gasteiger charge is 2.34. The van der Waals surface area contributed by atoms with Crippen LogP contribution in [-0.4, -0.2) is 24.4 Å². The first-order valence-electron chi connectivity index (χ1n) is 10.6. The van der Waals surface area contributed by atoms with E-state index in [4.69, 9.17) is 20.8 Å². The van der Waals surface area contributed by atoms with Crippen LogP contribution in [0.15, 0.2) is 69.1 Å². The lowest BCUT2D eigenvalue weighted by molar-refractivity contribution is -0.117. The molecule has 1 aliphatic heterocycles. The van der Waals surface area contributed by atoms with Gasteiger partial charge in [-0.15, -0.1) is 0 Å². The topological polar surface area (TPSA) is 88.9 Å². The van der Waals surface area contributed by atoms with Gasteiger partial charge in [-0.3, -0.25) is 15.0 Å². The van der Waals surface area contributed by atoms with Gasteiger partial charge in [0, 0.05) is 10.0 Å². The van der Waals surface area contributed by atoms with Crippen molar-refractivity contribution in [3.05, 3.63) is 81.0 Å². The van der Waals surface area contributed by atoms with E-state index >= 15 is 0 Å². The van der Waals surface area contributed by atoms with E-state index in [1.807, 2.05) is 13.0 Å². The van der Waals surface area contributed by atoms with Crippen LogP contribution in [0.25, 0.3) is 17.4 Å². The number of carbonyl (C=O) groups is 3. The number of hydrazine groups is 1. The molecular formula is C25H20BrClN2O5. The Morgan fingerprint density at radius 3 is 2.76 bits per heavy atom. The van der Waals surface area contributed by atoms with Gasteiger partial charge in [0.15, 0.2) is 0 Å². The lowest BCUT2D eigenvalue weighted by Crippen LogP contribution is -2.35. The summed E-state index contributed by atoms with van der Waals surface area (Å²) >= 11 is 9.54. The Morgan fingerprint density at radius 2 is 2.00 bits per heavy atom. The lowest BCUT2D eigenvalue weighted by Gasteiger charge is -2.14. The molecule has 7 nitrogen and oxygen atoms in total. The van der Waals surface area contributed by atoms with Crippen LogP contribution in [0, 0.1) is 0 Å². The summed E-state index contributed by atoms with van der Waals surface area (Å²) in [7, 11) is 0. The zero-order valence-electron chi connectivity index (χ0n) is 18.1. The van der Waals surface area contributed by atoms with Crippen LogP contribution >= 0.6 is 27.5 Å². The number of benzene rings is 2. The second kappa shape index (κ2) is 10.3. The predicted octanol–water partition coefficient (Wildman–Crippen LogP) is 5.78. The maximum Gasteiger partial charge on any atom is 0.339 e. The number of halogens is 2. The van der Waals surface area contributed by atoms with Crippen molar-refractivity contribution in [2.24, 2.45) is 0 Å². The second-order valence-electron chi connectivity index (χ2n) is 7.51. The Morgan fingerprint density at radius 1 is 1.18 bits per heavy atom. The first kappa shape index (κ1) is 23.8. The molecule has 174 valence electrons. The summed E-state index contributed by atoms with van der Waals surface area (Å²) in [6, 6.07) is 15.2. The van der Waals surface area contributed by atoms with Gasteiger partial charge in [0.2, 0.25) is 0 Å². The van der Waals surface area contributed by atoms with Crippen LogP contribution in [0.1, 0.15) is 35.9 Å². The number of anilines is 1. The molecule has 2 amide bonds. The number of ether oxygens (including phenoxy) is 1. The van der Waals surface area contributed by atoms with Gasteiger partial charge in [0.25, 0.3) is 11.8 Å². The first-order chi connectivity index (χ1) is 16.4. The third-order valence-corrected chi connectivity index (χ3v) is 5.90. The molecule has 9 heteroatoms. The van der Waals surface area contributed by atoms with Crippen LogP contribution in [0.2, 0.25) is 5.02 Å². The second-order valence-corrected chi connectivity index (χ2v) is 8.83. The van der Waals surface area contributed by atoms with Crippen LogP contribution in [0.5, 0.6) is 0 Å². The van der Waals surface area contributed by atoms with Crippen molar-refractivity contribution in [3.8, 4) is 11.3 Å². The molecule has 34 heavy (non-hydrogen) atoms. The average molecular weight is 544 g/mol.